The molecule has 14 nitrogen and oxygen atoms in total. The molecule has 41 heavy (non-hydrogen) atoms. The highest BCUT2D eigenvalue weighted by Gasteiger charge is 2.28. The fraction of sp³-hybridized carbons (Fsp3) is 0.222. The molecule has 0 spiro atoms. The van der Waals surface area contributed by atoms with E-state index in [0.717, 1.165) is 4.68 Å². The van der Waals surface area contributed by atoms with E-state index in [9.17, 15) is 24.4 Å². The molecule has 0 unspecified atom stereocenters. The molecule has 0 amide bonds. The Morgan fingerprint density at radius 1 is 0.902 bits per heavy atom. The number of nitrogens with one attached hydrogen (secondary N) is 2. The normalized spacial score (nSPS) is 10.7. The van der Waals surface area contributed by atoms with Gasteiger partial charge in [0.25, 0.3) is 0 Å². The van der Waals surface area contributed by atoms with Crippen molar-refractivity contribution in [3.63, 3.8) is 0 Å². The minimum absolute atomic E-state index is 0.00688. The van der Waals surface area contributed by atoms with Gasteiger partial charge in [-0.25, -0.2) is 28.9 Å². The number of esters is 4. The molecule has 1 heterocycles. The quantitative estimate of drug-likeness (QED) is 0.128. The van der Waals surface area contributed by atoms with Crippen LogP contribution in [0, 0.1) is 11.3 Å². The van der Waals surface area contributed by atoms with Gasteiger partial charge in [-0.3, -0.25) is 10.9 Å². The van der Waals surface area contributed by atoms with Crippen molar-refractivity contribution in [2.75, 3.05) is 32.9 Å². The number of nitriles is 1. The SMILES string of the molecule is CCOC(=O)/C(=N\c1c(C#N)c(C(=O)OCC)nn1-c1ccccc1C(=O)OC)NNc1ccccc1C(=O)OC. The van der Waals surface area contributed by atoms with Crippen LogP contribution in [0.4, 0.5) is 11.5 Å². The van der Waals surface area contributed by atoms with Gasteiger partial charge in [-0.1, -0.05) is 24.3 Å². The van der Waals surface area contributed by atoms with Crippen LogP contribution in [0.2, 0.25) is 0 Å². The molecule has 0 aliphatic carbocycles. The van der Waals surface area contributed by atoms with E-state index < -0.39 is 35.4 Å². The summed E-state index contributed by atoms with van der Waals surface area (Å²) in [6.45, 7) is 3.12. The highest BCUT2D eigenvalue weighted by atomic mass is 16.5. The van der Waals surface area contributed by atoms with Gasteiger partial charge in [0, 0.05) is 0 Å². The lowest BCUT2D eigenvalue weighted by Crippen LogP contribution is -2.37. The summed E-state index contributed by atoms with van der Waals surface area (Å²) in [5, 5.41) is 14.2. The number of hydrazine groups is 1. The maximum atomic E-state index is 12.9. The summed E-state index contributed by atoms with van der Waals surface area (Å²) in [5.41, 5.74) is 5.05. The molecule has 212 valence electrons. The van der Waals surface area contributed by atoms with Crippen LogP contribution >= 0.6 is 0 Å². The smallest absolute Gasteiger partial charge is 0.375 e. The van der Waals surface area contributed by atoms with Crippen molar-refractivity contribution in [1.29, 1.82) is 5.26 Å². The van der Waals surface area contributed by atoms with Crippen LogP contribution in [-0.4, -0.2) is 66.9 Å². The first kappa shape index (κ1) is 29.8. The van der Waals surface area contributed by atoms with E-state index in [-0.39, 0.29) is 47.1 Å². The van der Waals surface area contributed by atoms with Crippen molar-refractivity contribution in [1.82, 2.24) is 15.2 Å². The number of aliphatic imine (C=N–C) groups is 1. The van der Waals surface area contributed by atoms with E-state index in [1.54, 1.807) is 44.2 Å². The summed E-state index contributed by atoms with van der Waals surface area (Å²) in [4.78, 5) is 54.6. The third kappa shape index (κ3) is 6.66. The second-order valence-electron chi connectivity index (χ2n) is 7.77. The van der Waals surface area contributed by atoms with Crippen molar-refractivity contribution in [2.24, 2.45) is 4.99 Å². The standard InChI is InChI=1S/C27H26N6O8/c1-5-40-26(36)21-18(15-28)23(33(32-21)20-14-10-8-12-17(20)25(35)39-4)29-22(27(37)41-6-2)31-30-19-13-9-7-11-16(19)24(34)38-3/h7-14,30H,5-6H2,1-4H3,(H,29,31). The number of anilines is 1. The van der Waals surface area contributed by atoms with Crippen molar-refractivity contribution < 1.29 is 38.1 Å². The molecule has 0 aliphatic heterocycles. The Hall–Kier alpha value is -5.71. The molecule has 0 atom stereocenters. The van der Waals surface area contributed by atoms with Gasteiger partial charge in [-0.05, 0) is 38.1 Å². The van der Waals surface area contributed by atoms with Gasteiger partial charge < -0.3 is 18.9 Å². The van der Waals surface area contributed by atoms with Crippen molar-refractivity contribution in [3.05, 3.63) is 70.9 Å². The molecule has 0 fully saturated rings. The first-order chi connectivity index (χ1) is 19.8. The number of methoxy groups -OCH3 is 2. The lowest BCUT2D eigenvalue weighted by Gasteiger charge is -2.14. The van der Waals surface area contributed by atoms with Crippen LogP contribution in [0.3, 0.4) is 0 Å². The number of benzene rings is 2. The van der Waals surface area contributed by atoms with Gasteiger partial charge in [0.15, 0.2) is 11.5 Å². The van der Waals surface area contributed by atoms with Crippen molar-refractivity contribution in [3.8, 4) is 11.8 Å². The summed E-state index contributed by atoms with van der Waals surface area (Å²) in [6, 6.07) is 14.2. The second kappa shape index (κ2) is 13.9. The minimum Gasteiger partial charge on any atom is -0.465 e. The number of carbonyl (C=O) groups is 4. The number of nitrogens with zero attached hydrogens (tertiary/aromatic N) is 4. The molecule has 0 aliphatic rings. The number of aromatic nitrogens is 2. The molecular weight excluding hydrogens is 536 g/mol. The Labute approximate surface area is 234 Å². The summed E-state index contributed by atoms with van der Waals surface area (Å²) >= 11 is 0. The summed E-state index contributed by atoms with van der Waals surface area (Å²) in [5.74, 6) is -4.03. The van der Waals surface area contributed by atoms with Crippen LogP contribution in [0.5, 0.6) is 0 Å². The van der Waals surface area contributed by atoms with E-state index in [2.05, 4.69) is 20.9 Å². The van der Waals surface area contributed by atoms with Crippen LogP contribution < -0.4 is 10.9 Å². The molecule has 0 saturated carbocycles. The Bertz CT molecular complexity index is 1540. The zero-order valence-electron chi connectivity index (χ0n) is 22.6. The monoisotopic (exact) mass is 562 g/mol. The maximum absolute atomic E-state index is 12.9. The molecule has 2 N–H and O–H groups in total. The maximum Gasteiger partial charge on any atom is 0.375 e. The fourth-order valence-electron chi connectivity index (χ4n) is 3.50. The van der Waals surface area contributed by atoms with Crippen LogP contribution in [0.25, 0.3) is 5.69 Å². The van der Waals surface area contributed by atoms with Gasteiger partial charge in [0.05, 0.1) is 49.9 Å². The topological polar surface area (TPSA) is 183 Å². The molecule has 3 aromatic rings. The van der Waals surface area contributed by atoms with Gasteiger partial charge >= 0.3 is 23.9 Å². The van der Waals surface area contributed by atoms with Crippen LogP contribution in [0.15, 0.2) is 53.5 Å². The predicted octanol–water partition coefficient (Wildman–Crippen LogP) is 2.70. The summed E-state index contributed by atoms with van der Waals surface area (Å²) in [6.07, 6.45) is 0. The zero-order valence-corrected chi connectivity index (χ0v) is 22.6. The fourth-order valence-corrected chi connectivity index (χ4v) is 3.50. The second-order valence-corrected chi connectivity index (χ2v) is 7.77. The first-order valence-electron chi connectivity index (χ1n) is 12.1. The zero-order chi connectivity index (χ0) is 29.9. The van der Waals surface area contributed by atoms with E-state index >= 15 is 0 Å². The van der Waals surface area contributed by atoms with E-state index in [0.29, 0.717) is 0 Å². The third-order valence-corrected chi connectivity index (χ3v) is 5.31. The number of rotatable bonds is 9. The van der Waals surface area contributed by atoms with E-state index in [1.165, 1.54) is 32.4 Å². The predicted molar refractivity (Wildman–Crippen MR) is 144 cm³/mol. The Morgan fingerprint density at radius 2 is 1.51 bits per heavy atom. The molecule has 14 heteroatoms. The number of carbonyl (C=O) groups excluding carboxylic acids is 4. The number of amidine groups is 1. The summed E-state index contributed by atoms with van der Waals surface area (Å²) < 4.78 is 20.8. The Balaban J connectivity index is 2.24. The third-order valence-electron chi connectivity index (χ3n) is 5.31. The minimum atomic E-state index is -0.953. The average Bonchev–Trinajstić information content (AvgIpc) is 3.36. The molecule has 0 bridgehead atoms. The van der Waals surface area contributed by atoms with Gasteiger partial charge in [0.2, 0.25) is 5.84 Å². The van der Waals surface area contributed by atoms with E-state index in [1.807, 2.05) is 6.07 Å². The highest BCUT2D eigenvalue weighted by Crippen LogP contribution is 2.29. The number of hydrogen-bond donors (Lipinski definition) is 2. The largest absolute Gasteiger partial charge is 0.465 e. The number of hydrogen-bond acceptors (Lipinski definition) is 12. The number of para-hydroxylation sites is 2. The molecule has 0 radical (unpaired) electrons. The van der Waals surface area contributed by atoms with Crippen molar-refractivity contribution >= 4 is 41.2 Å². The lowest BCUT2D eigenvalue weighted by atomic mass is 10.2. The van der Waals surface area contributed by atoms with Crippen molar-refractivity contribution in [2.45, 2.75) is 13.8 Å². The molecule has 1 aromatic heterocycles. The summed E-state index contributed by atoms with van der Waals surface area (Å²) in [7, 11) is 2.41. The lowest BCUT2D eigenvalue weighted by molar-refractivity contribution is -0.135. The average molecular weight is 563 g/mol. The Kier molecular flexibility index (Phi) is 10.1. The van der Waals surface area contributed by atoms with Gasteiger partial charge in [0.1, 0.15) is 11.6 Å². The molecule has 3 rings (SSSR count). The molecule has 0 saturated heterocycles. The first-order valence-corrected chi connectivity index (χ1v) is 12.1. The highest BCUT2D eigenvalue weighted by molar-refractivity contribution is 6.36. The van der Waals surface area contributed by atoms with Gasteiger partial charge in [-0.15, -0.1) is 0 Å². The molecule has 2 aromatic carbocycles. The van der Waals surface area contributed by atoms with Crippen LogP contribution in [0.1, 0.15) is 50.6 Å². The molecular formula is C27H26N6O8. The number of ether oxygens (including phenoxy) is 4. The van der Waals surface area contributed by atoms with Crippen LogP contribution in [-0.2, 0) is 23.7 Å². The Morgan fingerprint density at radius 3 is 2.15 bits per heavy atom. The van der Waals surface area contributed by atoms with E-state index in [4.69, 9.17) is 18.9 Å². The van der Waals surface area contributed by atoms with Gasteiger partial charge in [-0.2, -0.15) is 10.4 Å².